The van der Waals surface area contributed by atoms with Crippen LogP contribution in [0.4, 0.5) is 0 Å². The number of carbonyl (C=O) groups excluding carboxylic acids is 1. The summed E-state index contributed by atoms with van der Waals surface area (Å²) in [6.07, 6.45) is 1.57. The Labute approximate surface area is 103 Å². The highest BCUT2D eigenvalue weighted by Gasteiger charge is 2.24. The first kappa shape index (κ1) is 13.9. The van der Waals surface area contributed by atoms with E-state index in [4.69, 9.17) is 5.26 Å². The number of carbonyl (C=O) groups is 1. The van der Waals surface area contributed by atoms with Gasteiger partial charge in [0.1, 0.15) is 0 Å². The van der Waals surface area contributed by atoms with Crippen molar-refractivity contribution in [3.05, 3.63) is 0 Å². The fourth-order valence-electron chi connectivity index (χ4n) is 2.17. The molecule has 96 valence electrons. The standard InChI is InChI=1S/C12H22N4O/c1-14-8-11-4-7-16(9-11)10-12(17)15(2)6-3-5-13/h11,14H,3-4,6-10H2,1-2H3. The van der Waals surface area contributed by atoms with E-state index in [1.54, 1.807) is 11.9 Å². The molecule has 1 aliphatic rings. The SMILES string of the molecule is CNCC1CCN(CC(=O)N(C)CCC#N)C1. The number of amides is 1. The second kappa shape index (κ2) is 7.25. The van der Waals surface area contributed by atoms with Crippen molar-refractivity contribution in [2.45, 2.75) is 12.8 Å². The van der Waals surface area contributed by atoms with Crippen molar-refractivity contribution in [3.63, 3.8) is 0 Å². The molecular formula is C12H22N4O. The molecule has 0 spiro atoms. The maximum atomic E-state index is 11.8. The molecule has 1 amide bonds. The molecule has 5 heteroatoms. The number of nitriles is 1. The summed E-state index contributed by atoms with van der Waals surface area (Å²) in [7, 11) is 3.73. The van der Waals surface area contributed by atoms with Crippen molar-refractivity contribution >= 4 is 5.91 Å². The predicted octanol–water partition coefficient (Wildman–Crippen LogP) is -0.100. The van der Waals surface area contributed by atoms with Crippen LogP contribution in [0.5, 0.6) is 0 Å². The molecule has 0 saturated carbocycles. The maximum Gasteiger partial charge on any atom is 0.236 e. The van der Waals surface area contributed by atoms with E-state index >= 15 is 0 Å². The number of nitrogens with one attached hydrogen (secondary N) is 1. The Morgan fingerprint density at radius 1 is 1.65 bits per heavy atom. The van der Waals surface area contributed by atoms with Gasteiger partial charge in [0.15, 0.2) is 0 Å². The second-order valence-electron chi connectivity index (χ2n) is 4.67. The summed E-state index contributed by atoms with van der Waals surface area (Å²) in [5.41, 5.74) is 0. The summed E-state index contributed by atoms with van der Waals surface area (Å²) in [4.78, 5) is 15.7. The van der Waals surface area contributed by atoms with Gasteiger partial charge in [0, 0.05) is 20.1 Å². The number of rotatable bonds is 6. The Kier molecular flexibility index (Phi) is 5.95. The van der Waals surface area contributed by atoms with Crippen LogP contribution >= 0.6 is 0 Å². The molecule has 0 aliphatic carbocycles. The minimum atomic E-state index is 0.116. The third-order valence-corrected chi connectivity index (χ3v) is 3.21. The average molecular weight is 238 g/mol. The fourth-order valence-corrected chi connectivity index (χ4v) is 2.17. The van der Waals surface area contributed by atoms with Crippen LogP contribution in [-0.2, 0) is 4.79 Å². The third kappa shape index (κ3) is 4.72. The Balaban J connectivity index is 2.25. The van der Waals surface area contributed by atoms with Crippen LogP contribution in [0.1, 0.15) is 12.8 Å². The third-order valence-electron chi connectivity index (χ3n) is 3.21. The van der Waals surface area contributed by atoms with E-state index < -0.39 is 0 Å². The summed E-state index contributed by atoms with van der Waals surface area (Å²) in [6, 6.07) is 2.06. The molecule has 1 heterocycles. The molecule has 0 radical (unpaired) electrons. The molecule has 5 nitrogen and oxygen atoms in total. The molecular weight excluding hydrogens is 216 g/mol. The summed E-state index contributed by atoms with van der Waals surface area (Å²) in [6.45, 7) is 4.04. The molecule has 0 aromatic carbocycles. The van der Waals surface area contributed by atoms with Crippen molar-refractivity contribution < 1.29 is 4.79 Å². The summed E-state index contributed by atoms with van der Waals surface area (Å²) < 4.78 is 0. The number of nitrogens with zero attached hydrogens (tertiary/aromatic N) is 3. The average Bonchev–Trinajstić information content (AvgIpc) is 2.74. The minimum absolute atomic E-state index is 0.116. The van der Waals surface area contributed by atoms with Crippen LogP contribution in [0, 0.1) is 17.2 Å². The van der Waals surface area contributed by atoms with Gasteiger partial charge in [0.05, 0.1) is 19.0 Å². The van der Waals surface area contributed by atoms with Gasteiger partial charge in [-0.3, -0.25) is 9.69 Å². The summed E-state index contributed by atoms with van der Waals surface area (Å²) in [5.74, 6) is 0.780. The first-order valence-electron chi connectivity index (χ1n) is 6.15. The van der Waals surface area contributed by atoms with Gasteiger partial charge < -0.3 is 10.2 Å². The molecule has 17 heavy (non-hydrogen) atoms. The van der Waals surface area contributed by atoms with Crippen LogP contribution < -0.4 is 5.32 Å². The second-order valence-corrected chi connectivity index (χ2v) is 4.67. The molecule has 1 unspecified atom stereocenters. The van der Waals surface area contributed by atoms with E-state index in [2.05, 4.69) is 16.3 Å². The maximum absolute atomic E-state index is 11.8. The molecule has 1 aliphatic heterocycles. The van der Waals surface area contributed by atoms with Crippen molar-refractivity contribution in [2.75, 3.05) is 46.8 Å². The largest absolute Gasteiger partial charge is 0.344 e. The van der Waals surface area contributed by atoms with Crippen molar-refractivity contribution in [1.82, 2.24) is 15.1 Å². The minimum Gasteiger partial charge on any atom is -0.344 e. The molecule has 0 aromatic rings. The monoisotopic (exact) mass is 238 g/mol. The van der Waals surface area contributed by atoms with E-state index in [-0.39, 0.29) is 5.91 Å². The first-order chi connectivity index (χ1) is 8.17. The first-order valence-corrected chi connectivity index (χ1v) is 6.15. The lowest BCUT2D eigenvalue weighted by Gasteiger charge is -2.20. The normalized spacial score (nSPS) is 20.2. The highest BCUT2D eigenvalue weighted by molar-refractivity contribution is 5.78. The van der Waals surface area contributed by atoms with Crippen LogP contribution in [-0.4, -0.2) is 62.5 Å². The van der Waals surface area contributed by atoms with E-state index in [0.717, 1.165) is 26.1 Å². The highest BCUT2D eigenvalue weighted by atomic mass is 16.2. The number of hydrogen-bond acceptors (Lipinski definition) is 4. The lowest BCUT2D eigenvalue weighted by Crippen LogP contribution is -2.38. The van der Waals surface area contributed by atoms with Crippen LogP contribution in [0.3, 0.4) is 0 Å². The van der Waals surface area contributed by atoms with Gasteiger partial charge in [0.25, 0.3) is 0 Å². The number of hydrogen-bond donors (Lipinski definition) is 1. The molecule has 1 saturated heterocycles. The van der Waals surface area contributed by atoms with E-state index in [9.17, 15) is 4.79 Å². The Bertz CT molecular complexity index is 287. The van der Waals surface area contributed by atoms with E-state index in [1.165, 1.54) is 0 Å². The van der Waals surface area contributed by atoms with Gasteiger partial charge in [-0.05, 0) is 32.5 Å². The smallest absolute Gasteiger partial charge is 0.236 e. The van der Waals surface area contributed by atoms with Crippen molar-refractivity contribution in [2.24, 2.45) is 5.92 Å². The predicted molar refractivity (Wildman–Crippen MR) is 66.3 cm³/mol. The zero-order valence-electron chi connectivity index (χ0n) is 10.8. The van der Waals surface area contributed by atoms with Gasteiger partial charge in [-0.1, -0.05) is 0 Å². The lowest BCUT2D eigenvalue weighted by molar-refractivity contribution is -0.130. The molecule has 1 atom stereocenters. The van der Waals surface area contributed by atoms with Crippen molar-refractivity contribution in [1.29, 1.82) is 5.26 Å². The van der Waals surface area contributed by atoms with Crippen LogP contribution in [0.2, 0.25) is 0 Å². The zero-order chi connectivity index (χ0) is 12.7. The van der Waals surface area contributed by atoms with Crippen LogP contribution in [0.25, 0.3) is 0 Å². The van der Waals surface area contributed by atoms with Gasteiger partial charge in [-0.25, -0.2) is 0 Å². The quantitative estimate of drug-likeness (QED) is 0.702. The topological polar surface area (TPSA) is 59.4 Å². The van der Waals surface area contributed by atoms with Crippen molar-refractivity contribution in [3.8, 4) is 6.07 Å². The molecule has 0 bridgehead atoms. The Morgan fingerprint density at radius 3 is 3.06 bits per heavy atom. The summed E-state index contributed by atoms with van der Waals surface area (Å²) in [5, 5.41) is 11.6. The van der Waals surface area contributed by atoms with Gasteiger partial charge in [-0.2, -0.15) is 5.26 Å². The fraction of sp³-hybridized carbons (Fsp3) is 0.833. The molecule has 1 fully saturated rings. The Morgan fingerprint density at radius 2 is 2.41 bits per heavy atom. The highest BCUT2D eigenvalue weighted by Crippen LogP contribution is 2.14. The van der Waals surface area contributed by atoms with Crippen LogP contribution in [0.15, 0.2) is 0 Å². The number of likely N-dealkylation sites (tertiary alicyclic amines) is 1. The number of likely N-dealkylation sites (N-methyl/N-ethyl adjacent to an activating group) is 1. The van der Waals surface area contributed by atoms with Gasteiger partial charge in [0.2, 0.25) is 5.91 Å². The van der Waals surface area contributed by atoms with E-state index in [0.29, 0.717) is 25.4 Å². The van der Waals surface area contributed by atoms with Gasteiger partial charge in [-0.15, -0.1) is 0 Å². The summed E-state index contributed by atoms with van der Waals surface area (Å²) >= 11 is 0. The zero-order valence-corrected chi connectivity index (χ0v) is 10.8. The molecule has 1 rings (SSSR count). The molecule has 0 aromatic heterocycles. The molecule has 1 N–H and O–H groups in total. The van der Waals surface area contributed by atoms with E-state index in [1.807, 2.05) is 7.05 Å². The van der Waals surface area contributed by atoms with Gasteiger partial charge >= 0.3 is 0 Å². The Hall–Kier alpha value is -1.12. The lowest BCUT2D eigenvalue weighted by atomic mass is 10.1.